The van der Waals surface area contributed by atoms with E-state index in [9.17, 15) is 4.79 Å². The van der Waals surface area contributed by atoms with Crippen LogP contribution in [0.5, 0.6) is 0 Å². The van der Waals surface area contributed by atoms with Crippen LogP contribution in [0, 0.1) is 0 Å². The molecule has 0 radical (unpaired) electrons. The first-order chi connectivity index (χ1) is 9.34. The number of carbonyl (C=O) groups excluding carboxylic acids is 1. The van der Waals surface area contributed by atoms with E-state index in [0.29, 0.717) is 13.0 Å². The Labute approximate surface area is 116 Å². The van der Waals surface area contributed by atoms with Crippen LogP contribution in [0.4, 0.5) is 0 Å². The highest BCUT2D eigenvalue weighted by atomic mass is 16.2. The molecule has 1 N–H and O–H groups in total. The summed E-state index contributed by atoms with van der Waals surface area (Å²) in [6.07, 6.45) is 9.87. The Morgan fingerprint density at radius 3 is 1.89 bits per heavy atom. The molecule has 0 heterocycles. The number of aliphatic hydroxyl groups excluding tert-OH is 1. The lowest BCUT2D eigenvalue weighted by atomic mass is 10.0. The standard InChI is InChI=1S/C17H26O2/c18-15-11-6-4-2-1-3-5-10-14-17(19)16-12-8-7-9-13-16/h7-9,12-13,18H,1-6,10-11,14-15H2. The highest BCUT2D eigenvalue weighted by Gasteiger charge is 2.03. The molecular formula is C17H26O2. The summed E-state index contributed by atoms with van der Waals surface area (Å²) in [5.74, 6) is 0.267. The van der Waals surface area contributed by atoms with Crippen molar-refractivity contribution in [2.45, 2.75) is 57.8 Å². The van der Waals surface area contributed by atoms with Gasteiger partial charge in [-0.25, -0.2) is 0 Å². The first-order valence-corrected chi connectivity index (χ1v) is 7.53. The summed E-state index contributed by atoms with van der Waals surface area (Å²) in [4.78, 5) is 11.8. The first kappa shape index (κ1) is 15.9. The monoisotopic (exact) mass is 262 g/mol. The van der Waals surface area contributed by atoms with Crippen molar-refractivity contribution in [1.82, 2.24) is 0 Å². The van der Waals surface area contributed by atoms with Crippen molar-refractivity contribution in [3.05, 3.63) is 35.9 Å². The topological polar surface area (TPSA) is 37.3 Å². The lowest BCUT2D eigenvalue weighted by Crippen LogP contribution is -1.98. The fraction of sp³-hybridized carbons (Fsp3) is 0.588. The number of hydrogen-bond acceptors (Lipinski definition) is 2. The van der Waals surface area contributed by atoms with Gasteiger partial charge in [0.15, 0.2) is 5.78 Å². The van der Waals surface area contributed by atoms with E-state index >= 15 is 0 Å². The largest absolute Gasteiger partial charge is 0.396 e. The van der Waals surface area contributed by atoms with Crippen molar-refractivity contribution in [3.63, 3.8) is 0 Å². The molecule has 0 aromatic heterocycles. The van der Waals surface area contributed by atoms with E-state index in [1.165, 1.54) is 25.7 Å². The van der Waals surface area contributed by atoms with Crippen LogP contribution < -0.4 is 0 Å². The second-order valence-corrected chi connectivity index (χ2v) is 5.09. The molecule has 19 heavy (non-hydrogen) atoms. The first-order valence-electron chi connectivity index (χ1n) is 7.53. The molecule has 0 saturated heterocycles. The summed E-state index contributed by atoms with van der Waals surface area (Å²) in [5.41, 5.74) is 0.839. The maximum Gasteiger partial charge on any atom is 0.162 e. The zero-order chi connectivity index (χ0) is 13.8. The highest BCUT2D eigenvalue weighted by Crippen LogP contribution is 2.11. The number of hydrogen-bond donors (Lipinski definition) is 1. The molecule has 0 saturated carbocycles. The minimum absolute atomic E-state index is 0.267. The van der Waals surface area contributed by atoms with E-state index in [1.807, 2.05) is 30.3 Å². The van der Waals surface area contributed by atoms with Crippen LogP contribution in [-0.2, 0) is 0 Å². The lowest BCUT2D eigenvalue weighted by Gasteiger charge is -2.02. The van der Waals surface area contributed by atoms with Crippen molar-refractivity contribution in [2.75, 3.05) is 6.61 Å². The molecule has 1 rings (SSSR count). The fourth-order valence-electron chi connectivity index (χ4n) is 2.23. The Kier molecular flexibility index (Phi) is 8.99. The van der Waals surface area contributed by atoms with Gasteiger partial charge < -0.3 is 5.11 Å². The summed E-state index contributed by atoms with van der Waals surface area (Å²) < 4.78 is 0. The Morgan fingerprint density at radius 2 is 1.32 bits per heavy atom. The Balaban J connectivity index is 1.95. The van der Waals surface area contributed by atoms with Crippen molar-refractivity contribution in [3.8, 4) is 0 Å². The number of rotatable bonds is 11. The average Bonchev–Trinajstić information content (AvgIpc) is 2.46. The number of aliphatic hydroxyl groups is 1. The SMILES string of the molecule is O=C(CCCCCCCCCCO)c1ccccc1. The van der Waals surface area contributed by atoms with Gasteiger partial charge in [-0.05, 0) is 12.8 Å². The van der Waals surface area contributed by atoms with Gasteiger partial charge >= 0.3 is 0 Å². The molecule has 0 aliphatic carbocycles. The summed E-state index contributed by atoms with van der Waals surface area (Å²) >= 11 is 0. The van der Waals surface area contributed by atoms with E-state index in [4.69, 9.17) is 5.11 Å². The molecule has 106 valence electrons. The van der Waals surface area contributed by atoms with Gasteiger partial charge in [-0.3, -0.25) is 4.79 Å². The molecule has 1 aromatic rings. The molecule has 2 heteroatoms. The van der Waals surface area contributed by atoms with Crippen LogP contribution in [0.3, 0.4) is 0 Å². The predicted octanol–water partition coefficient (Wildman–Crippen LogP) is 4.37. The van der Waals surface area contributed by atoms with Crippen molar-refractivity contribution in [1.29, 1.82) is 0 Å². The maximum atomic E-state index is 11.8. The molecule has 0 amide bonds. The van der Waals surface area contributed by atoms with Crippen molar-refractivity contribution in [2.24, 2.45) is 0 Å². The summed E-state index contributed by atoms with van der Waals surface area (Å²) in [7, 11) is 0. The second kappa shape index (κ2) is 10.7. The van der Waals surface area contributed by atoms with Crippen LogP contribution in [0.25, 0.3) is 0 Å². The quantitative estimate of drug-likeness (QED) is 0.475. The van der Waals surface area contributed by atoms with Gasteiger partial charge in [0.05, 0.1) is 0 Å². The molecule has 0 aliphatic rings. The zero-order valence-electron chi connectivity index (χ0n) is 11.8. The molecular weight excluding hydrogens is 236 g/mol. The highest BCUT2D eigenvalue weighted by molar-refractivity contribution is 5.95. The van der Waals surface area contributed by atoms with E-state index in [-0.39, 0.29) is 5.78 Å². The van der Waals surface area contributed by atoms with Crippen molar-refractivity contribution >= 4 is 5.78 Å². The Hall–Kier alpha value is -1.15. The normalized spacial score (nSPS) is 10.6. The molecule has 0 spiro atoms. The smallest absolute Gasteiger partial charge is 0.162 e. The van der Waals surface area contributed by atoms with Crippen LogP contribution in [0.15, 0.2) is 30.3 Å². The number of carbonyl (C=O) groups is 1. The van der Waals surface area contributed by atoms with Gasteiger partial charge in [0.1, 0.15) is 0 Å². The average molecular weight is 262 g/mol. The van der Waals surface area contributed by atoms with Crippen LogP contribution >= 0.6 is 0 Å². The third-order valence-electron chi connectivity index (χ3n) is 3.41. The molecule has 0 fully saturated rings. The van der Waals surface area contributed by atoms with Crippen molar-refractivity contribution < 1.29 is 9.90 Å². The maximum absolute atomic E-state index is 11.8. The number of Topliss-reactive ketones (excluding diaryl/α,β-unsaturated/α-hetero) is 1. The van der Waals surface area contributed by atoms with Crippen LogP contribution in [-0.4, -0.2) is 17.5 Å². The summed E-state index contributed by atoms with van der Waals surface area (Å²) in [5, 5.41) is 8.65. The number of ketones is 1. The van der Waals surface area contributed by atoms with Gasteiger partial charge in [0, 0.05) is 18.6 Å². The summed E-state index contributed by atoms with van der Waals surface area (Å²) in [6, 6.07) is 9.56. The predicted molar refractivity (Wildman–Crippen MR) is 79.4 cm³/mol. The van der Waals surface area contributed by atoms with Gasteiger partial charge in [0.25, 0.3) is 0 Å². The third kappa shape index (κ3) is 7.78. The van der Waals surface area contributed by atoms with Gasteiger partial charge in [0.2, 0.25) is 0 Å². The Morgan fingerprint density at radius 1 is 0.789 bits per heavy atom. The van der Waals surface area contributed by atoms with Gasteiger partial charge in [-0.15, -0.1) is 0 Å². The summed E-state index contributed by atoms with van der Waals surface area (Å²) in [6.45, 7) is 0.321. The van der Waals surface area contributed by atoms with E-state index in [2.05, 4.69) is 0 Å². The van der Waals surface area contributed by atoms with Crippen LogP contribution in [0.2, 0.25) is 0 Å². The minimum atomic E-state index is 0.267. The van der Waals surface area contributed by atoms with Crippen LogP contribution in [0.1, 0.15) is 68.1 Å². The molecule has 0 aliphatic heterocycles. The molecule has 0 unspecified atom stereocenters. The Bertz CT molecular complexity index is 332. The lowest BCUT2D eigenvalue weighted by molar-refractivity contribution is 0.0979. The molecule has 1 aromatic carbocycles. The number of unbranched alkanes of at least 4 members (excludes halogenated alkanes) is 7. The molecule has 0 atom stereocenters. The van der Waals surface area contributed by atoms with Gasteiger partial charge in [-0.1, -0.05) is 68.9 Å². The number of benzene rings is 1. The molecule has 0 bridgehead atoms. The van der Waals surface area contributed by atoms with E-state index < -0.39 is 0 Å². The minimum Gasteiger partial charge on any atom is -0.396 e. The zero-order valence-corrected chi connectivity index (χ0v) is 11.8. The van der Waals surface area contributed by atoms with E-state index in [0.717, 1.165) is 31.2 Å². The van der Waals surface area contributed by atoms with E-state index in [1.54, 1.807) is 0 Å². The third-order valence-corrected chi connectivity index (χ3v) is 3.41. The fourth-order valence-corrected chi connectivity index (χ4v) is 2.23. The second-order valence-electron chi connectivity index (χ2n) is 5.09. The molecule has 2 nitrogen and oxygen atoms in total. The van der Waals surface area contributed by atoms with Gasteiger partial charge in [-0.2, -0.15) is 0 Å².